The third-order valence-corrected chi connectivity index (χ3v) is 3.64. The lowest BCUT2D eigenvalue weighted by Crippen LogP contribution is -2.48. The number of piperazine rings is 1. The molecular formula is C13H22ClN5. The van der Waals surface area contributed by atoms with Crippen LogP contribution in [0, 0.1) is 0 Å². The molecule has 1 saturated heterocycles. The van der Waals surface area contributed by atoms with E-state index in [2.05, 4.69) is 38.8 Å². The number of alkyl halides is 1. The number of nitrogens with zero attached hydrogens (tertiary/aromatic N) is 5. The second kappa shape index (κ2) is 7.03. The number of aromatic nitrogens is 2. The highest BCUT2D eigenvalue weighted by molar-refractivity contribution is 6.16. The number of rotatable bonds is 5. The Bertz CT molecular complexity index is 390. The standard InChI is InChI=1S/C13H22ClN5/c1-17(2)3-4-18-5-7-19(8-6-18)13-11-15-10-12(9-14)16-13/h10-11H,3-9H2,1-2H3. The van der Waals surface area contributed by atoms with E-state index in [1.54, 1.807) is 6.20 Å². The molecule has 2 rings (SSSR count). The van der Waals surface area contributed by atoms with Gasteiger partial charge in [0, 0.05) is 45.5 Å². The van der Waals surface area contributed by atoms with E-state index in [-0.39, 0.29) is 0 Å². The van der Waals surface area contributed by atoms with Crippen molar-refractivity contribution in [2.75, 3.05) is 58.3 Å². The van der Waals surface area contributed by atoms with Crippen LogP contribution in [0.3, 0.4) is 0 Å². The number of likely N-dealkylation sites (N-methyl/N-ethyl adjacent to an activating group) is 1. The molecule has 1 aliphatic rings. The molecule has 0 atom stereocenters. The van der Waals surface area contributed by atoms with Gasteiger partial charge in [-0.2, -0.15) is 0 Å². The summed E-state index contributed by atoms with van der Waals surface area (Å²) in [5.41, 5.74) is 0.842. The molecule has 106 valence electrons. The van der Waals surface area contributed by atoms with E-state index < -0.39 is 0 Å². The van der Waals surface area contributed by atoms with Gasteiger partial charge in [-0.15, -0.1) is 11.6 Å². The second-order valence-electron chi connectivity index (χ2n) is 5.13. The Morgan fingerprint density at radius 1 is 1.21 bits per heavy atom. The van der Waals surface area contributed by atoms with Gasteiger partial charge >= 0.3 is 0 Å². The topological polar surface area (TPSA) is 35.5 Å². The zero-order valence-electron chi connectivity index (χ0n) is 11.7. The first kappa shape index (κ1) is 14.5. The van der Waals surface area contributed by atoms with Crippen molar-refractivity contribution in [2.24, 2.45) is 0 Å². The lowest BCUT2D eigenvalue weighted by Gasteiger charge is -2.35. The molecule has 0 bridgehead atoms. The van der Waals surface area contributed by atoms with Crippen LogP contribution in [0.4, 0.5) is 5.82 Å². The Kier molecular flexibility index (Phi) is 5.36. The first-order valence-corrected chi connectivity index (χ1v) is 7.21. The minimum Gasteiger partial charge on any atom is -0.353 e. The maximum atomic E-state index is 5.80. The Labute approximate surface area is 120 Å². The average Bonchev–Trinajstić information content (AvgIpc) is 2.45. The molecule has 5 nitrogen and oxygen atoms in total. The summed E-state index contributed by atoms with van der Waals surface area (Å²) in [5.74, 6) is 1.37. The van der Waals surface area contributed by atoms with E-state index in [1.807, 2.05) is 6.20 Å². The molecule has 6 heteroatoms. The van der Waals surface area contributed by atoms with Crippen LogP contribution < -0.4 is 4.90 Å². The van der Waals surface area contributed by atoms with Crippen molar-refractivity contribution < 1.29 is 0 Å². The van der Waals surface area contributed by atoms with Crippen LogP contribution in [0.25, 0.3) is 0 Å². The number of hydrogen-bond donors (Lipinski definition) is 0. The maximum Gasteiger partial charge on any atom is 0.147 e. The van der Waals surface area contributed by atoms with Crippen molar-refractivity contribution >= 4 is 17.4 Å². The molecular weight excluding hydrogens is 262 g/mol. The van der Waals surface area contributed by atoms with Gasteiger partial charge < -0.3 is 9.80 Å². The second-order valence-corrected chi connectivity index (χ2v) is 5.40. The molecule has 1 aromatic rings. The highest BCUT2D eigenvalue weighted by Gasteiger charge is 2.18. The fourth-order valence-electron chi connectivity index (χ4n) is 2.15. The molecule has 19 heavy (non-hydrogen) atoms. The van der Waals surface area contributed by atoms with Gasteiger partial charge in [0.15, 0.2) is 0 Å². The maximum absolute atomic E-state index is 5.80. The van der Waals surface area contributed by atoms with Gasteiger partial charge in [0.2, 0.25) is 0 Å². The lowest BCUT2D eigenvalue weighted by atomic mass is 10.3. The molecule has 0 aliphatic carbocycles. The van der Waals surface area contributed by atoms with Crippen LogP contribution in [0.2, 0.25) is 0 Å². The van der Waals surface area contributed by atoms with Crippen molar-refractivity contribution in [3.05, 3.63) is 18.1 Å². The summed E-state index contributed by atoms with van der Waals surface area (Å²) in [6.07, 6.45) is 3.55. The Balaban J connectivity index is 1.85. The smallest absolute Gasteiger partial charge is 0.147 e. The molecule has 0 N–H and O–H groups in total. The minimum atomic E-state index is 0.420. The van der Waals surface area contributed by atoms with Crippen LogP contribution in [0.1, 0.15) is 5.69 Å². The van der Waals surface area contributed by atoms with Crippen LogP contribution in [0.5, 0.6) is 0 Å². The lowest BCUT2D eigenvalue weighted by molar-refractivity contribution is 0.229. The summed E-state index contributed by atoms with van der Waals surface area (Å²) < 4.78 is 0. The van der Waals surface area contributed by atoms with E-state index in [0.29, 0.717) is 5.88 Å². The molecule has 0 amide bonds. The first-order chi connectivity index (χ1) is 9.19. The summed E-state index contributed by atoms with van der Waals surface area (Å²) in [4.78, 5) is 15.7. The van der Waals surface area contributed by atoms with E-state index in [9.17, 15) is 0 Å². The third kappa shape index (κ3) is 4.30. The Morgan fingerprint density at radius 2 is 1.95 bits per heavy atom. The summed E-state index contributed by atoms with van der Waals surface area (Å²) in [6.45, 7) is 6.43. The van der Waals surface area contributed by atoms with Gasteiger partial charge in [0.1, 0.15) is 5.82 Å². The Morgan fingerprint density at radius 3 is 2.58 bits per heavy atom. The van der Waals surface area contributed by atoms with Gasteiger partial charge in [0.05, 0.1) is 17.8 Å². The summed E-state index contributed by atoms with van der Waals surface area (Å²) >= 11 is 5.80. The number of halogens is 1. The SMILES string of the molecule is CN(C)CCN1CCN(c2cncc(CCl)n2)CC1. The van der Waals surface area contributed by atoms with Crippen LogP contribution in [0.15, 0.2) is 12.4 Å². The highest BCUT2D eigenvalue weighted by atomic mass is 35.5. The largest absolute Gasteiger partial charge is 0.353 e. The highest BCUT2D eigenvalue weighted by Crippen LogP contribution is 2.13. The fraction of sp³-hybridized carbons (Fsp3) is 0.692. The molecule has 0 radical (unpaired) electrons. The third-order valence-electron chi connectivity index (χ3n) is 3.37. The van der Waals surface area contributed by atoms with Crippen LogP contribution in [-0.4, -0.2) is 73.1 Å². The van der Waals surface area contributed by atoms with Crippen LogP contribution in [-0.2, 0) is 5.88 Å². The van der Waals surface area contributed by atoms with Crippen molar-refractivity contribution in [3.63, 3.8) is 0 Å². The van der Waals surface area contributed by atoms with Crippen molar-refractivity contribution in [2.45, 2.75) is 5.88 Å². The molecule has 2 heterocycles. The first-order valence-electron chi connectivity index (χ1n) is 6.68. The van der Waals surface area contributed by atoms with E-state index in [0.717, 1.165) is 50.8 Å². The van der Waals surface area contributed by atoms with E-state index in [4.69, 9.17) is 11.6 Å². The minimum absolute atomic E-state index is 0.420. The van der Waals surface area contributed by atoms with Gasteiger partial charge in [0.25, 0.3) is 0 Å². The number of hydrogen-bond acceptors (Lipinski definition) is 5. The summed E-state index contributed by atoms with van der Waals surface area (Å²) in [7, 11) is 4.23. The zero-order chi connectivity index (χ0) is 13.7. The predicted molar refractivity (Wildman–Crippen MR) is 78.8 cm³/mol. The average molecular weight is 284 g/mol. The molecule has 0 aromatic carbocycles. The molecule has 0 unspecified atom stereocenters. The van der Waals surface area contributed by atoms with E-state index in [1.165, 1.54) is 0 Å². The number of anilines is 1. The zero-order valence-corrected chi connectivity index (χ0v) is 12.5. The molecule has 0 saturated carbocycles. The molecule has 0 spiro atoms. The summed E-state index contributed by atoms with van der Waals surface area (Å²) in [5, 5.41) is 0. The van der Waals surface area contributed by atoms with Gasteiger partial charge in [-0.25, -0.2) is 4.98 Å². The van der Waals surface area contributed by atoms with Gasteiger partial charge in [-0.3, -0.25) is 9.88 Å². The van der Waals surface area contributed by atoms with Gasteiger partial charge in [-0.05, 0) is 14.1 Å². The van der Waals surface area contributed by atoms with Crippen molar-refractivity contribution in [1.29, 1.82) is 0 Å². The molecule has 1 fully saturated rings. The normalized spacial score (nSPS) is 17.2. The summed E-state index contributed by atoms with van der Waals surface area (Å²) in [6, 6.07) is 0. The van der Waals surface area contributed by atoms with Crippen LogP contribution >= 0.6 is 11.6 Å². The van der Waals surface area contributed by atoms with Crippen molar-refractivity contribution in [3.8, 4) is 0 Å². The predicted octanol–water partition coefficient (Wildman–Crippen LogP) is 0.899. The quantitative estimate of drug-likeness (QED) is 0.751. The molecule has 1 aromatic heterocycles. The van der Waals surface area contributed by atoms with Gasteiger partial charge in [-0.1, -0.05) is 0 Å². The van der Waals surface area contributed by atoms with Crippen molar-refractivity contribution in [1.82, 2.24) is 19.8 Å². The van der Waals surface area contributed by atoms with E-state index >= 15 is 0 Å². The fourth-order valence-corrected chi connectivity index (χ4v) is 2.28. The molecule has 1 aliphatic heterocycles. The Hall–Kier alpha value is -0.910. The monoisotopic (exact) mass is 283 g/mol.